The Balaban J connectivity index is 1.83. The molecule has 8 aromatic carbocycles. The van der Waals surface area contributed by atoms with Crippen LogP contribution in [0.4, 0.5) is 0 Å². The van der Waals surface area contributed by atoms with Crippen molar-refractivity contribution in [3.8, 4) is 33.4 Å². The Labute approximate surface area is 260 Å². The van der Waals surface area contributed by atoms with E-state index in [4.69, 9.17) is 17.8 Å². The summed E-state index contributed by atoms with van der Waals surface area (Å²) in [7, 11) is 0. The van der Waals surface area contributed by atoms with Crippen molar-refractivity contribution in [2.24, 2.45) is 0 Å². The van der Waals surface area contributed by atoms with Crippen LogP contribution in [0.5, 0.6) is 0 Å². The Morgan fingerprint density at radius 1 is 0.350 bits per heavy atom. The van der Waals surface area contributed by atoms with E-state index in [1.54, 1.807) is 42.5 Å². The minimum absolute atomic E-state index is 0.173. The zero-order valence-corrected chi connectivity index (χ0v) is 20.5. The van der Waals surface area contributed by atoms with Crippen LogP contribution in [-0.4, -0.2) is 0 Å². The summed E-state index contributed by atoms with van der Waals surface area (Å²) in [6, 6.07) is -2.81. The van der Waals surface area contributed by atoms with Crippen LogP contribution in [0.2, 0.25) is 0 Å². The van der Waals surface area contributed by atoms with Gasteiger partial charge in [-0.15, -0.1) is 0 Å². The van der Waals surface area contributed by atoms with Gasteiger partial charge in [-0.25, -0.2) is 0 Å². The molecule has 0 amide bonds. The zero-order valence-electron chi connectivity index (χ0n) is 39.5. The Morgan fingerprint density at radius 2 is 1.02 bits per heavy atom. The molecule has 0 aliphatic carbocycles. The van der Waals surface area contributed by atoms with Gasteiger partial charge in [-0.2, -0.15) is 0 Å². The normalized spacial score (nSPS) is 18.1. The maximum atomic E-state index is 10.0. The molecule has 8 rings (SSSR count). The van der Waals surface area contributed by atoms with Gasteiger partial charge in [-0.3, -0.25) is 0 Å². The van der Waals surface area contributed by atoms with Crippen molar-refractivity contribution in [1.29, 1.82) is 0 Å². The molecule has 40 heavy (non-hydrogen) atoms. The van der Waals surface area contributed by atoms with Crippen molar-refractivity contribution < 1.29 is 26.0 Å². The maximum Gasteiger partial charge on any atom is 0.0636 e. The molecule has 0 bridgehead atoms. The summed E-state index contributed by atoms with van der Waals surface area (Å²) in [5, 5.41) is -1.79. The van der Waals surface area contributed by atoms with Crippen LogP contribution < -0.4 is 0 Å². The zero-order chi connectivity index (χ0) is 43.0. The lowest BCUT2D eigenvalue weighted by atomic mass is 9.83. The summed E-state index contributed by atoms with van der Waals surface area (Å²) in [4.78, 5) is 0. The van der Waals surface area contributed by atoms with Gasteiger partial charge >= 0.3 is 0 Å². The van der Waals surface area contributed by atoms with Gasteiger partial charge in [0.1, 0.15) is 0 Å². The molecule has 8 aromatic rings. The van der Waals surface area contributed by atoms with E-state index >= 15 is 0 Å². The second-order valence-electron chi connectivity index (χ2n) is 9.03. The predicted octanol–water partition coefficient (Wildman–Crippen LogP) is 11.3. The lowest BCUT2D eigenvalue weighted by Crippen LogP contribution is -1.92. The topological polar surface area (TPSA) is 0 Å². The van der Waals surface area contributed by atoms with E-state index in [0.717, 1.165) is 0 Å². The standard InChI is InChI=1S/C40H26/c1-2-14-29(15-3-1)39-35-20-8-9-21-36(35)40(34-23-11-17-28-13-5-7-19-32(28)34)38-26-30(24-25-37(38)39)33-22-10-16-27-12-4-6-18-31(27)33/h1-26H/i1D,2D,3D,5D,7D,8D,9D,11D,13D,14D,15D,17D,19D,20D,21D,23D,24D,25D,26D. The lowest BCUT2D eigenvalue weighted by molar-refractivity contribution is 1.65. The van der Waals surface area contributed by atoms with Gasteiger partial charge in [-0.05, 0) is 82.5 Å². The van der Waals surface area contributed by atoms with Crippen LogP contribution in [0.15, 0.2) is 157 Å². The first-order chi connectivity index (χ1) is 27.8. The summed E-state index contributed by atoms with van der Waals surface area (Å²) >= 11 is 0. The Morgan fingerprint density at radius 3 is 1.90 bits per heavy atom. The molecule has 0 fully saturated rings. The monoisotopic (exact) mass is 525 g/mol. The van der Waals surface area contributed by atoms with Crippen LogP contribution in [-0.2, 0) is 0 Å². The number of hydrogen-bond donors (Lipinski definition) is 0. The van der Waals surface area contributed by atoms with Crippen LogP contribution in [0.3, 0.4) is 0 Å². The number of hydrogen-bond acceptors (Lipinski definition) is 0. The van der Waals surface area contributed by atoms with Crippen molar-refractivity contribution >= 4 is 43.1 Å². The molecule has 0 heterocycles. The van der Waals surface area contributed by atoms with Gasteiger partial charge < -0.3 is 0 Å². The van der Waals surface area contributed by atoms with Crippen LogP contribution in [0.25, 0.3) is 76.5 Å². The quantitative estimate of drug-likeness (QED) is 0.201. The second-order valence-corrected chi connectivity index (χ2v) is 9.03. The molecule has 0 spiro atoms. The second kappa shape index (κ2) is 9.22. The minimum atomic E-state index is -0.849. The fraction of sp³-hybridized carbons (Fsp3) is 0. The highest BCUT2D eigenvalue weighted by Gasteiger charge is 2.19. The van der Waals surface area contributed by atoms with E-state index in [1.807, 2.05) is 0 Å². The molecule has 0 N–H and O–H groups in total. The fourth-order valence-corrected chi connectivity index (χ4v) is 5.17. The van der Waals surface area contributed by atoms with E-state index in [0.29, 0.717) is 10.8 Å². The van der Waals surface area contributed by atoms with Gasteiger partial charge in [0.05, 0.1) is 26.0 Å². The van der Waals surface area contributed by atoms with Gasteiger partial charge in [0, 0.05) is 0 Å². The highest BCUT2D eigenvalue weighted by molar-refractivity contribution is 6.24. The molecule has 0 aliphatic heterocycles. The molecule has 0 unspecified atom stereocenters. The van der Waals surface area contributed by atoms with E-state index in [-0.39, 0.29) is 11.1 Å². The fourth-order valence-electron chi connectivity index (χ4n) is 5.17. The molecular formula is C40H26. The number of benzene rings is 8. The van der Waals surface area contributed by atoms with Crippen molar-refractivity contribution in [2.45, 2.75) is 0 Å². The van der Waals surface area contributed by atoms with Crippen LogP contribution in [0.1, 0.15) is 26.0 Å². The first kappa shape index (κ1) is 10.8. The average molecular weight is 526 g/mol. The van der Waals surface area contributed by atoms with Gasteiger partial charge in [0.2, 0.25) is 0 Å². The summed E-state index contributed by atoms with van der Waals surface area (Å²) in [6.07, 6.45) is 0. The third-order valence-electron chi connectivity index (χ3n) is 6.87. The predicted molar refractivity (Wildman–Crippen MR) is 173 cm³/mol. The van der Waals surface area contributed by atoms with Crippen molar-refractivity contribution in [3.05, 3.63) is 157 Å². The van der Waals surface area contributed by atoms with Gasteiger partial charge in [0.25, 0.3) is 0 Å². The van der Waals surface area contributed by atoms with Gasteiger partial charge in [-0.1, -0.05) is 151 Å². The first-order valence-corrected chi connectivity index (χ1v) is 12.3. The third kappa shape index (κ3) is 3.54. The minimum Gasteiger partial charge on any atom is -0.0622 e. The van der Waals surface area contributed by atoms with Crippen molar-refractivity contribution in [2.75, 3.05) is 0 Å². The molecule has 0 aromatic heterocycles. The van der Waals surface area contributed by atoms with Gasteiger partial charge in [0.15, 0.2) is 0 Å². The first-order valence-electron chi connectivity index (χ1n) is 21.8. The Kier molecular flexibility index (Phi) is 2.48. The molecule has 0 aliphatic rings. The van der Waals surface area contributed by atoms with E-state index in [9.17, 15) is 8.22 Å². The highest BCUT2D eigenvalue weighted by Crippen LogP contribution is 2.46. The Bertz CT molecular complexity index is 3220. The largest absolute Gasteiger partial charge is 0.0636 e. The molecule has 0 radical (unpaired) electrons. The van der Waals surface area contributed by atoms with Crippen LogP contribution >= 0.6 is 0 Å². The number of rotatable bonds is 3. The summed E-state index contributed by atoms with van der Waals surface area (Å²) in [6.45, 7) is 0. The van der Waals surface area contributed by atoms with E-state index < -0.39 is 169 Å². The molecule has 0 heteroatoms. The number of fused-ring (bicyclic) bond motifs is 4. The summed E-state index contributed by atoms with van der Waals surface area (Å²) < 4.78 is 171. The summed E-state index contributed by atoms with van der Waals surface area (Å²) in [5.41, 5.74) is -2.05. The molecule has 0 saturated carbocycles. The Hall–Kier alpha value is -5.20. The smallest absolute Gasteiger partial charge is 0.0622 e. The van der Waals surface area contributed by atoms with E-state index in [1.165, 1.54) is 0 Å². The van der Waals surface area contributed by atoms with Crippen molar-refractivity contribution in [1.82, 2.24) is 0 Å². The molecule has 0 saturated heterocycles. The lowest BCUT2D eigenvalue weighted by Gasteiger charge is -2.20. The molecular weight excluding hydrogens is 480 g/mol. The van der Waals surface area contributed by atoms with Crippen molar-refractivity contribution in [3.63, 3.8) is 0 Å². The SMILES string of the molecule is [2H]c1c([2H])c([2H])c(-c2c3c([2H])c([2H])c([2H])c([2H])c3c(-c3c([2H])c([2H])c([2H])c4c([2H])c([2H])c([2H])c([2H])c34)c3c([2H])c(-c4cccc5ccccc45)c([2H])c([2H])c23)c([2H])c1[2H]. The molecule has 0 nitrogen and oxygen atoms in total. The van der Waals surface area contributed by atoms with Crippen LogP contribution in [0, 0.1) is 0 Å². The van der Waals surface area contributed by atoms with E-state index in [2.05, 4.69) is 0 Å². The highest BCUT2D eigenvalue weighted by atomic mass is 14.2. The molecule has 0 atom stereocenters. The third-order valence-corrected chi connectivity index (χ3v) is 6.87. The molecule has 186 valence electrons. The average Bonchev–Trinajstić information content (AvgIpc) is 3.22. The maximum absolute atomic E-state index is 10.0. The summed E-state index contributed by atoms with van der Waals surface area (Å²) in [5.74, 6) is 0.